The van der Waals surface area contributed by atoms with Crippen LogP contribution in [0.5, 0.6) is 11.5 Å². The number of para-hydroxylation sites is 1. The fourth-order valence-electron chi connectivity index (χ4n) is 1.56. The largest absolute Gasteiger partial charge is 0.455 e. The average Bonchev–Trinajstić information content (AvgIpc) is 2.40. The summed E-state index contributed by atoms with van der Waals surface area (Å²) in [6, 6.07) is 10.9. The first kappa shape index (κ1) is 14.2. The van der Waals surface area contributed by atoms with Crippen LogP contribution in [0.15, 0.2) is 42.5 Å². The molecule has 0 aliphatic rings. The van der Waals surface area contributed by atoms with Gasteiger partial charge in [-0.25, -0.2) is 0 Å². The fourth-order valence-corrected chi connectivity index (χ4v) is 1.73. The molecule has 0 N–H and O–H groups in total. The van der Waals surface area contributed by atoms with Gasteiger partial charge in [-0.05, 0) is 30.3 Å². The maximum Gasteiger partial charge on any atom is 0.419 e. The first-order valence-electron chi connectivity index (χ1n) is 5.45. The van der Waals surface area contributed by atoms with Gasteiger partial charge in [-0.3, -0.25) is 0 Å². The van der Waals surface area contributed by atoms with Crippen LogP contribution < -0.4 is 4.74 Å². The zero-order valence-corrected chi connectivity index (χ0v) is 10.7. The van der Waals surface area contributed by atoms with Crippen LogP contribution in [0.3, 0.4) is 0 Å². The first-order chi connectivity index (χ1) is 9.41. The zero-order chi connectivity index (χ0) is 14.8. The average molecular weight is 298 g/mol. The van der Waals surface area contributed by atoms with E-state index in [1.807, 2.05) is 0 Å². The second kappa shape index (κ2) is 5.43. The lowest BCUT2D eigenvalue weighted by Crippen LogP contribution is -2.07. The Labute approximate surface area is 118 Å². The molecular formula is C14H7ClF3NO. The molecular weight excluding hydrogens is 291 g/mol. The van der Waals surface area contributed by atoms with Crippen molar-refractivity contribution in [2.45, 2.75) is 6.18 Å². The van der Waals surface area contributed by atoms with Crippen LogP contribution >= 0.6 is 11.6 Å². The molecule has 20 heavy (non-hydrogen) atoms. The number of hydrogen-bond acceptors (Lipinski definition) is 2. The fraction of sp³-hybridized carbons (Fsp3) is 0.0714. The molecule has 0 saturated heterocycles. The molecule has 2 aromatic rings. The summed E-state index contributed by atoms with van der Waals surface area (Å²) in [5, 5.41) is 8.95. The highest BCUT2D eigenvalue weighted by molar-refractivity contribution is 6.32. The van der Waals surface area contributed by atoms with Crippen LogP contribution in [0, 0.1) is 11.3 Å². The lowest BCUT2D eigenvalue weighted by Gasteiger charge is -2.14. The highest BCUT2D eigenvalue weighted by Gasteiger charge is 2.34. The number of rotatable bonds is 2. The molecule has 6 heteroatoms. The Morgan fingerprint density at radius 1 is 1.05 bits per heavy atom. The molecule has 102 valence electrons. The van der Waals surface area contributed by atoms with Crippen molar-refractivity contribution in [1.29, 1.82) is 5.26 Å². The normalized spacial score (nSPS) is 10.9. The quantitative estimate of drug-likeness (QED) is 0.779. The van der Waals surface area contributed by atoms with Crippen LogP contribution in [-0.4, -0.2) is 0 Å². The van der Waals surface area contributed by atoms with E-state index in [1.165, 1.54) is 12.1 Å². The van der Waals surface area contributed by atoms with Gasteiger partial charge in [-0.15, -0.1) is 0 Å². The minimum atomic E-state index is -4.58. The summed E-state index contributed by atoms with van der Waals surface area (Å²) in [7, 11) is 0. The van der Waals surface area contributed by atoms with Crippen LogP contribution in [0.4, 0.5) is 13.2 Å². The molecule has 0 atom stereocenters. The number of alkyl halides is 3. The van der Waals surface area contributed by atoms with Crippen molar-refractivity contribution in [1.82, 2.24) is 0 Å². The topological polar surface area (TPSA) is 33.0 Å². The molecule has 0 aliphatic heterocycles. The standard InChI is InChI=1S/C14H7ClF3NO/c15-11-3-1-2-4-12(11)20-13-7-9(8-19)5-6-10(13)14(16,17)18/h1-7H. The van der Waals surface area contributed by atoms with Gasteiger partial charge < -0.3 is 4.74 Å². The molecule has 2 rings (SSSR count). The van der Waals surface area contributed by atoms with Gasteiger partial charge in [0.1, 0.15) is 11.5 Å². The summed E-state index contributed by atoms with van der Waals surface area (Å²) in [6.45, 7) is 0. The molecule has 0 radical (unpaired) electrons. The number of hydrogen-bond donors (Lipinski definition) is 0. The third-order valence-electron chi connectivity index (χ3n) is 2.47. The molecule has 0 unspecified atom stereocenters. The minimum Gasteiger partial charge on any atom is -0.455 e. The van der Waals surface area contributed by atoms with Gasteiger partial charge in [0.2, 0.25) is 0 Å². The van der Waals surface area contributed by atoms with E-state index >= 15 is 0 Å². The predicted molar refractivity (Wildman–Crippen MR) is 67.7 cm³/mol. The first-order valence-corrected chi connectivity index (χ1v) is 5.83. The lowest BCUT2D eigenvalue weighted by molar-refractivity contribution is -0.138. The van der Waals surface area contributed by atoms with E-state index in [2.05, 4.69) is 0 Å². The molecule has 0 heterocycles. The van der Waals surface area contributed by atoms with Gasteiger partial charge in [-0.2, -0.15) is 18.4 Å². The highest BCUT2D eigenvalue weighted by Crippen LogP contribution is 2.39. The van der Waals surface area contributed by atoms with E-state index in [1.54, 1.807) is 18.2 Å². The van der Waals surface area contributed by atoms with E-state index in [0.29, 0.717) is 0 Å². The Bertz CT molecular complexity index is 677. The Kier molecular flexibility index (Phi) is 3.86. The zero-order valence-electron chi connectivity index (χ0n) is 9.91. The number of nitrogens with zero attached hydrogens (tertiary/aromatic N) is 1. The summed E-state index contributed by atoms with van der Waals surface area (Å²) in [4.78, 5) is 0. The van der Waals surface area contributed by atoms with E-state index in [4.69, 9.17) is 21.6 Å². The molecule has 0 fully saturated rings. The Hall–Kier alpha value is -2.19. The van der Waals surface area contributed by atoms with Crippen LogP contribution in [-0.2, 0) is 6.18 Å². The summed E-state index contributed by atoms with van der Waals surface area (Å²) in [5.74, 6) is -0.362. The van der Waals surface area contributed by atoms with Crippen LogP contribution in [0.25, 0.3) is 0 Å². The summed E-state index contributed by atoms with van der Waals surface area (Å²) >= 11 is 5.84. The lowest BCUT2D eigenvalue weighted by atomic mass is 10.1. The van der Waals surface area contributed by atoms with Crippen molar-refractivity contribution in [2.24, 2.45) is 0 Å². The van der Waals surface area contributed by atoms with Crippen molar-refractivity contribution in [2.75, 3.05) is 0 Å². The van der Waals surface area contributed by atoms with Crippen LogP contribution in [0.1, 0.15) is 11.1 Å². The van der Waals surface area contributed by atoms with E-state index in [9.17, 15) is 13.2 Å². The second-order valence-electron chi connectivity index (χ2n) is 3.85. The van der Waals surface area contributed by atoms with Crippen LogP contribution in [0.2, 0.25) is 5.02 Å². The Morgan fingerprint density at radius 2 is 1.75 bits per heavy atom. The van der Waals surface area contributed by atoms with E-state index < -0.39 is 17.5 Å². The number of benzene rings is 2. The van der Waals surface area contributed by atoms with Gasteiger partial charge in [0.05, 0.1) is 22.2 Å². The van der Waals surface area contributed by atoms with Crippen molar-refractivity contribution in [3.63, 3.8) is 0 Å². The number of nitriles is 1. The highest BCUT2D eigenvalue weighted by atomic mass is 35.5. The smallest absolute Gasteiger partial charge is 0.419 e. The molecule has 0 spiro atoms. The molecule has 2 nitrogen and oxygen atoms in total. The van der Waals surface area contributed by atoms with Gasteiger partial charge in [0, 0.05) is 0 Å². The molecule has 0 amide bonds. The molecule has 0 aromatic heterocycles. The van der Waals surface area contributed by atoms with E-state index in [-0.39, 0.29) is 16.3 Å². The monoisotopic (exact) mass is 297 g/mol. The van der Waals surface area contributed by atoms with Crippen molar-refractivity contribution >= 4 is 11.6 Å². The summed E-state index contributed by atoms with van der Waals surface area (Å²) in [5.41, 5.74) is -0.892. The van der Waals surface area contributed by atoms with Gasteiger partial charge in [0.25, 0.3) is 0 Å². The van der Waals surface area contributed by atoms with Gasteiger partial charge in [-0.1, -0.05) is 23.7 Å². The summed E-state index contributed by atoms with van der Waals surface area (Å²) in [6.07, 6.45) is -4.58. The van der Waals surface area contributed by atoms with Crippen molar-refractivity contribution < 1.29 is 17.9 Å². The van der Waals surface area contributed by atoms with Gasteiger partial charge in [0.15, 0.2) is 0 Å². The Morgan fingerprint density at radius 3 is 2.35 bits per heavy atom. The Balaban J connectivity index is 2.49. The third-order valence-corrected chi connectivity index (χ3v) is 2.78. The predicted octanol–water partition coefficient (Wildman–Crippen LogP) is 5.02. The maximum atomic E-state index is 12.9. The molecule has 0 saturated carbocycles. The maximum absolute atomic E-state index is 12.9. The van der Waals surface area contributed by atoms with Crippen molar-refractivity contribution in [3.8, 4) is 17.6 Å². The molecule has 2 aromatic carbocycles. The minimum absolute atomic E-state index is 0.0695. The van der Waals surface area contributed by atoms with Gasteiger partial charge >= 0.3 is 6.18 Å². The SMILES string of the molecule is N#Cc1ccc(C(F)(F)F)c(Oc2ccccc2Cl)c1. The second-order valence-corrected chi connectivity index (χ2v) is 4.26. The third kappa shape index (κ3) is 3.03. The van der Waals surface area contributed by atoms with E-state index in [0.717, 1.165) is 18.2 Å². The summed E-state index contributed by atoms with van der Waals surface area (Å²) < 4.78 is 43.9. The number of halogens is 4. The number of ether oxygens (including phenoxy) is 1. The molecule has 0 aliphatic carbocycles. The van der Waals surface area contributed by atoms with Crippen molar-refractivity contribution in [3.05, 3.63) is 58.6 Å². The molecule has 0 bridgehead atoms.